The van der Waals surface area contributed by atoms with Crippen molar-refractivity contribution in [3.8, 4) is 17.2 Å². The second-order valence-corrected chi connectivity index (χ2v) is 15.5. The monoisotopic (exact) mass is 454 g/mol. The Balaban J connectivity index is 2.32. The van der Waals surface area contributed by atoms with E-state index in [2.05, 4.69) is 65.2 Å². The Hall–Kier alpha value is -1.99. The highest BCUT2D eigenvalue weighted by Crippen LogP contribution is 2.40. The molecule has 32 heavy (non-hydrogen) atoms. The van der Waals surface area contributed by atoms with Crippen molar-refractivity contribution in [1.29, 1.82) is 0 Å². The van der Waals surface area contributed by atoms with Crippen LogP contribution in [-0.2, 0) is 11.2 Å². The molecule has 0 aliphatic carbocycles. The molecule has 0 aromatic heterocycles. The summed E-state index contributed by atoms with van der Waals surface area (Å²) in [6.45, 7) is 14.0. The number of hydrogen-bond acceptors (Lipinski definition) is 3. The van der Waals surface area contributed by atoms with Crippen molar-refractivity contribution in [3.05, 3.63) is 41.5 Å². The molecule has 0 amide bonds. The molecule has 1 heterocycles. The van der Waals surface area contributed by atoms with E-state index in [4.69, 9.17) is 9.47 Å². The van der Waals surface area contributed by atoms with Gasteiger partial charge >= 0.3 is 5.97 Å². The van der Waals surface area contributed by atoms with Crippen LogP contribution in [-0.4, -0.2) is 27.3 Å². The highest BCUT2D eigenvalue weighted by Gasteiger charge is 2.41. The molecule has 3 nitrogen and oxygen atoms in total. The molecule has 0 fully saturated rings. The zero-order chi connectivity index (χ0) is 23.7. The lowest BCUT2D eigenvalue weighted by molar-refractivity contribution is 0.0284. The molecule has 1 atom stereocenters. The largest absolute Gasteiger partial charge is 0.496 e. The first kappa shape index (κ1) is 26.3. The molecule has 4 heteroatoms. The van der Waals surface area contributed by atoms with E-state index >= 15 is 0 Å². The molecule has 1 aliphatic rings. The standard InChI is InChI=1S/C28H42O3Si/c1-21(2)32(22(3)4,23(5)6)20-14-18-25-17-12-10-8-9-11-15-24-16-13-19-26(30-7)27(24)28(29)31-25/h9,11,13,16,19,21-23,25H,8,10,12,15,17-18H2,1-7H3/b11-9+/t25-/m1/s1. The normalized spacial score (nSPS) is 18.8. The van der Waals surface area contributed by atoms with E-state index in [0.717, 1.165) is 31.2 Å². The van der Waals surface area contributed by atoms with Crippen LogP contribution in [0.5, 0.6) is 5.75 Å². The maximum Gasteiger partial charge on any atom is 0.342 e. The SMILES string of the molecule is COc1cccc2c1C(=O)O[C@@H](CC#C[Si](C(C)C)(C(C)C)C(C)C)CCCC/C=C/C2. The van der Waals surface area contributed by atoms with Gasteiger partial charge < -0.3 is 9.47 Å². The lowest BCUT2D eigenvalue weighted by Gasteiger charge is -2.38. The minimum Gasteiger partial charge on any atom is -0.496 e. The number of cyclic esters (lactones) is 1. The predicted molar refractivity (Wildman–Crippen MR) is 137 cm³/mol. The van der Waals surface area contributed by atoms with Crippen LogP contribution in [0.3, 0.4) is 0 Å². The highest BCUT2D eigenvalue weighted by molar-refractivity contribution is 6.90. The fourth-order valence-electron chi connectivity index (χ4n) is 5.27. The van der Waals surface area contributed by atoms with Gasteiger partial charge in [-0.2, -0.15) is 0 Å². The summed E-state index contributed by atoms with van der Waals surface area (Å²) in [5, 5.41) is 0. The molecular weight excluding hydrogens is 412 g/mol. The van der Waals surface area contributed by atoms with Crippen LogP contribution in [0.4, 0.5) is 0 Å². The summed E-state index contributed by atoms with van der Waals surface area (Å²) in [5.41, 5.74) is 7.06. The minimum absolute atomic E-state index is 0.186. The number of allylic oxidation sites excluding steroid dienone is 2. The molecule has 0 unspecified atom stereocenters. The summed E-state index contributed by atoms with van der Waals surface area (Å²) in [7, 11) is -0.185. The van der Waals surface area contributed by atoms with E-state index in [-0.39, 0.29) is 12.1 Å². The number of ether oxygens (including phenoxy) is 2. The van der Waals surface area contributed by atoms with E-state index in [1.54, 1.807) is 7.11 Å². The summed E-state index contributed by atoms with van der Waals surface area (Å²) < 4.78 is 11.6. The lowest BCUT2D eigenvalue weighted by atomic mass is 10.0. The number of carbonyl (C=O) groups is 1. The molecule has 0 saturated carbocycles. The molecule has 2 rings (SSSR count). The van der Waals surface area contributed by atoms with E-state index in [1.807, 2.05) is 18.2 Å². The zero-order valence-electron chi connectivity index (χ0n) is 21.2. The van der Waals surface area contributed by atoms with Gasteiger partial charge in [-0.1, -0.05) is 65.8 Å². The van der Waals surface area contributed by atoms with Crippen LogP contribution < -0.4 is 4.74 Å². The lowest BCUT2D eigenvalue weighted by Crippen LogP contribution is -2.43. The Morgan fingerprint density at radius 2 is 1.75 bits per heavy atom. The first-order valence-electron chi connectivity index (χ1n) is 12.3. The smallest absolute Gasteiger partial charge is 0.342 e. The Kier molecular flexibility index (Phi) is 10.1. The zero-order valence-corrected chi connectivity index (χ0v) is 22.2. The number of rotatable bonds is 5. The van der Waals surface area contributed by atoms with E-state index in [1.165, 1.54) is 0 Å². The fraction of sp³-hybridized carbons (Fsp3) is 0.607. The number of methoxy groups -OCH3 is 1. The predicted octanol–water partition coefficient (Wildman–Crippen LogP) is 7.50. The number of carbonyl (C=O) groups excluding carboxylic acids is 1. The molecule has 0 spiro atoms. The Morgan fingerprint density at radius 1 is 1.06 bits per heavy atom. The van der Waals surface area contributed by atoms with Crippen molar-refractivity contribution >= 4 is 14.0 Å². The second kappa shape index (κ2) is 12.3. The van der Waals surface area contributed by atoms with Crippen molar-refractivity contribution < 1.29 is 14.3 Å². The Labute approximate surface area is 197 Å². The maximum absolute atomic E-state index is 13.2. The average Bonchev–Trinajstić information content (AvgIpc) is 2.73. The van der Waals surface area contributed by atoms with E-state index in [9.17, 15) is 4.79 Å². The van der Waals surface area contributed by atoms with Crippen LogP contribution in [0.1, 0.15) is 89.6 Å². The Bertz CT molecular complexity index is 820. The average molecular weight is 455 g/mol. The third-order valence-corrected chi connectivity index (χ3v) is 13.3. The summed E-state index contributed by atoms with van der Waals surface area (Å²) in [6, 6.07) is 5.75. The highest BCUT2D eigenvalue weighted by atomic mass is 28.3. The molecule has 1 aromatic carbocycles. The third kappa shape index (κ3) is 6.29. The molecule has 0 N–H and O–H groups in total. The molecule has 0 saturated heterocycles. The summed E-state index contributed by atoms with van der Waals surface area (Å²) in [4.78, 5) is 13.2. The van der Waals surface area contributed by atoms with Crippen LogP contribution in [0.2, 0.25) is 16.6 Å². The van der Waals surface area contributed by atoms with Gasteiger partial charge in [-0.05, 0) is 60.4 Å². The van der Waals surface area contributed by atoms with Gasteiger partial charge in [0.15, 0.2) is 0 Å². The number of benzene rings is 1. The van der Waals surface area contributed by atoms with Gasteiger partial charge in [-0.15, -0.1) is 11.5 Å². The van der Waals surface area contributed by atoms with Gasteiger partial charge in [0.2, 0.25) is 0 Å². The maximum atomic E-state index is 13.2. The minimum atomic E-state index is -1.79. The van der Waals surface area contributed by atoms with E-state index < -0.39 is 8.07 Å². The Morgan fingerprint density at radius 3 is 2.38 bits per heavy atom. The first-order chi connectivity index (χ1) is 15.2. The first-order valence-corrected chi connectivity index (χ1v) is 14.5. The summed E-state index contributed by atoms with van der Waals surface area (Å²) in [6.07, 6.45) is 9.52. The molecule has 1 aromatic rings. The molecular formula is C28H42O3Si. The van der Waals surface area contributed by atoms with Gasteiger partial charge in [0.1, 0.15) is 25.5 Å². The third-order valence-electron chi connectivity index (χ3n) is 6.96. The molecule has 176 valence electrons. The van der Waals surface area contributed by atoms with E-state index in [0.29, 0.717) is 40.8 Å². The summed E-state index contributed by atoms with van der Waals surface area (Å²) in [5.74, 6) is 3.80. The number of hydrogen-bond donors (Lipinski definition) is 0. The van der Waals surface area contributed by atoms with Gasteiger partial charge in [-0.3, -0.25) is 0 Å². The summed E-state index contributed by atoms with van der Waals surface area (Å²) >= 11 is 0. The van der Waals surface area contributed by atoms with Crippen molar-refractivity contribution in [3.63, 3.8) is 0 Å². The number of esters is 1. The molecule has 0 radical (unpaired) electrons. The molecule has 1 aliphatic heterocycles. The topological polar surface area (TPSA) is 35.5 Å². The van der Waals surface area contributed by atoms with Gasteiger partial charge in [0.25, 0.3) is 0 Å². The van der Waals surface area contributed by atoms with Crippen LogP contribution in [0.15, 0.2) is 30.4 Å². The van der Waals surface area contributed by atoms with Crippen LogP contribution in [0, 0.1) is 11.5 Å². The molecule has 0 bridgehead atoms. The second-order valence-electron chi connectivity index (χ2n) is 9.88. The van der Waals surface area contributed by atoms with Crippen molar-refractivity contribution in [2.45, 2.75) is 103 Å². The van der Waals surface area contributed by atoms with Gasteiger partial charge in [-0.25, -0.2) is 4.79 Å². The van der Waals surface area contributed by atoms with Crippen molar-refractivity contribution in [2.75, 3.05) is 7.11 Å². The fourth-order valence-corrected chi connectivity index (χ4v) is 10.5. The van der Waals surface area contributed by atoms with Crippen LogP contribution in [0.25, 0.3) is 0 Å². The van der Waals surface area contributed by atoms with Crippen LogP contribution >= 0.6 is 0 Å². The number of fused-ring (bicyclic) bond motifs is 1. The van der Waals surface area contributed by atoms with Gasteiger partial charge in [0.05, 0.1) is 7.11 Å². The van der Waals surface area contributed by atoms with Gasteiger partial charge in [0, 0.05) is 6.42 Å². The van der Waals surface area contributed by atoms with Crippen molar-refractivity contribution in [1.82, 2.24) is 0 Å². The quantitative estimate of drug-likeness (QED) is 0.200. The van der Waals surface area contributed by atoms with Crippen molar-refractivity contribution in [2.24, 2.45) is 0 Å².